The van der Waals surface area contributed by atoms with Gasteiger partial charge in [-0.1, -0.05) is 31.2 Å². The molecule has 0 saturated carbocycles. The summed E-state index contributed by atoms with van der Waals surface area (Å²) in [5.74, 6) is 0. The molecule has 0 aliphatic heterocycles. The van der Waals surface area contributed by atoms with Crippen LogP contribution in [0.4, 0.5) is 0 Å². The lowest BCUT2D eigenvalue weighted by Crippen LogP contribution is -2.31. The summed E-state index contributed by atoms with van der Waals surface area (Å²) in [5, 5.41) is 0. The fourth-order valence-electron chi connectivity index (χ4n) is 2.86. The molecule has 0 N–H and O–H groups in total. The minimum Gasteiger partial charge on any atom is -0.309 e. The summed E-state index contributed by atoms with van der Waals surface area (Å²) in [4.78, 5) is 2.29. The second kappa shape index (κ2) is 5.88. The molecule has 1 nitrogen and oxygen atoms in total. The van der Waals surface area contributed by atoms with Gasteiger partial charge in [0, 0.05) is 0 Å². The Morgan fingerprint density at radius 3 is 2.65 bits per heavy atom. The third-order valence-electron chi connectivity index (χ3n) is 3.95. The van der Waals surface area contributed by atoms with Crippen LogP contribution in [0.15, 0.2) is 24.3 Å². The van der Waals surface area contributed by atoms with Crippen LogP contribution in [0.1, 0.15) is 37.3 Å². The van der Waals surface area contributed by atoms with Crippen LogP contribution >= 0.6 is 12.4 Å². The summed E-state index contributed by atoms with van der Waals surface area (Å²) in [5.41, 5.74) is 3.58. The van der Waals surface area contributed by atoms with Crippen LogP contribution in [0.3, 0.4) is 0 Å². The highest BCUT2D eigenvalue weighted by molar-refractivity contribution is 5.85. The summed E-state index contributed by atoms with van der Waals surface area (Å²) in [6.07, 6.45) is 5.24. The lowest BCUT2D eigenvalue weighted by molar-refractivity contribution is 0.300. The minimum atomic E-state index is 0. The number of nitrogens with zero attached hydrogens (tertiary/aromatic N) is 1. The molecule has 2 rings (SSSR count). The molecule has 2 heteroatoms. The van der Waals surface area contributed by atoms with Crippen molar-refractivity contribution in [1.82, 2.24) is 4.90 Å². The van der Waals surface area contributed by atoms with E-state index in [-0.39, 0.29) is 12.4 Å². The third kappa shape index (κ3) is 3.23. The second-order valence-electron chi connectivity index (χ2n) is 5.62. The number of hydrogen-bond donors (Lipinski definition) is 0. The first kappa shape index (κ1) is 14.5. The molecule has 1 aliphatic rings. The van der Waals surface area contributed by atoms with Crippen LogP contribution in [-0.2, 0) is 11.8 Å². The topological polar surface area (TPSA) is 3.24 Å². The van der Waals surface area contributed by atoms with E-state index in [0.717, 1.165) is 0 Å². The molecule has 1 atom stereocenters. The van der Waals surface area contributed by atoms with Crippen molar-refractivity contribution in [2.24, 2.45) is 0 Å². The summed E-state index contributed by atoms with van der Waals surface area (Å²) in [6.45, 7) is 3.62. The third-order valence-corrected chi connectivity index (χ3v) is 3.95. The molecule has 0 amide bonds. The molecule has 0 saturated heterocycles. The smallest absolute Gasteiger partial charge is 0.00164 e. The maximum atomic E-state index is 2.44. The van der Waals surface area contributed by atoms with Crippen LogP contribution in [0, 0.1) is 0 Å². The molecular formula is C15H24ClN. The van der Waals surface area contributed by atoms with Crippen molar-refractivity contribution in [3.63, 3.8) is 0 Å². The van der Waals surface area contributed by atoms with Crippen molar-refractivity contribution in [1.29, 1.82) is 0 Å². The van der Waals surface area contributed by atoms with Crippen molar-refractivity contribution >= 4 is 12.4 Å². The Kier molecular flexibility index (Phi) is 5.03. The van der Waals surface area contributed by atoms with Gasteiger partial charge in [-0.3, -0.25) is 0 Å². The number of halogens is 1. The molecule has 96 valence electrons. The van der Waals surface area contributed by atoms with Gasteiger partial charge in [-0.2, -0.15) is 0 Å². The average molecular weight is 254 g/mol. The Hall–Kier alpha value is -0.530. The van der Waals surface area contributed by atoms with Crippen LogP contribution in [0.2, 0.25) is 0 Å². The van der Waals surface area contributed by atoms with E-state index in [0.29, 0.717) is 5.41 Å². The van der Waals surface area contributed by atoms with Crippen molar-refractivity contribution in [3.8, 4) is 0 Å². The average Bonchev–Trinajstić information content (AvgIpc) is 2.27. The summed E-state index contributed by atoms with van der Waals surface area (Å²) in [7, 11) is 4.33. The Bertz CT molecular complexity index is 362. The maximum Gasteiger partial charge on any atom is -0.00164 e. The minimum absolute atomic E-state index is 0. The molecular weight excluding hydrogens is 230 g/mol. The highest BCUT2D eigenvalue weighted by Gasteiger charge is 2.31. The predicted octanol–water partition coefficient (Wildman–Crippen LogP) is 3.65. The normalized spacial score (nSPS) is 23.1. The van der Waals surface area contributed by atoms with Crippen molar-refractivity contribution in [2.75, 3.05) is 20.6 Å². The van der Waals surface area contributed by atoms with E-state index in [9.17, 15) is 0 Å². The van der Waals surface area contributed by atoms with E-state index >= 15 is 0 Å². The quantitative estimate of drug-likeness (QED) is 0.795. The molecule has 0 aromatic heterocycles. The molecule has 0 fully saturated rings. The largest absolute Gasteiger partial charge is 0.309 e. The Labute approximate surface area is 112 Å². The molecule has 0 bridgehead atoms. The molecule has 0 spiro atoms. The molecule has 1 aliphatic carbocycles. The molecule has 17 heavy (non-hydrogen) atoms. The first-order valence-corrected chi connectivity index (χ1v) is 6.35. The summed E-state index contributed by atoms with van der Waals surface area (Å²) < 4.78 is 0. The van der Waals surface area contributed by atoms with Crippen molar-refractivity contribution < 1.29 is 0 Å². The highest BCUT2D eigenvalue weighted by atomic mass is 35.5. The van der Waals surface area contributed by atoms with Gasteiger partial charge >= 0.3 is 0 Å². The SMILES string of the molecule is CN(C)CCC1(C)CCCc2ccccc21.Cl. The molecule has 0 heterocycles. The number of rotatable bonds is 3. The van der Waals surface area contributed by atoms with Crippen molar-refractivity contribution in [2.45, 2.75) is 38.0 Å². The Morgan fingerprint density at radius 1 is 1.24 bits per heavy atom. The number of aryl methyl sites for hydroxylation is 1. The van der Waals surface area contributed by atoms with Gasteiger partial charge in [0.15, 0.2) is 0 Å². The lowest BCUT2D eigenvalue weighted by Gasteiger charge is -2.37. The molecule has 1 unspecified atom stereocenters. The van der Waals surface area contributed by atoms with Crippen LogP contribution < -0.4 is 0 Å². The van der Waals surface area contributed by atoms with Gasteiger partial charge in [-0.15, -0.1) is 12.4 Å². The van der Waals surface area contributed by atoms with Crippen LogP contribution in [0.5, 0.6) is 0 Å². The van der Waals surface area contributed by atoms with E-state index in [1.54, 1.807) is 11.1 Å². The number of hydrogen-bond acceptors (Lipinski definition) is 1. The monoisotopic (exact) mass is 253 g/mol. The van der Waals surface area contributed by atoms with Gasteiger partial charge < -0.3 is 4.90 Å². The van der Waals surface area contributed by atoms with E-state index in [2.05, 4.69) is 50.2 Å². The molecule has 1 aromatic rings. The van der Waals surface area contributed by atoms with E-state index in [4.69, 9.17) is 0 Å². The number of benzene rings is 1. The Balaban J connectivity index is 0.00000144. The first-order valence-electron chi connectivity index (χ1n) is 6.35. The van der Waals surface area contributed by atoms with Gasteiger partial charge in [0.2, 0.25) is 0 Å². The van der Waals surface area contributed by atoms with Gasteiger partial charge in [0.1, 0.15) is 0 Å². The van der Waals surface area contributed by atoms with E-state index in [1.165, 1.54) is 32.2 Å². The second-order valence-corrected chi connectivity index (χ2v) is 5.62. The molecule has 1 aromatic carbocycles. The Morgan fingerprint density at radius 2 is 1.94 bits per heavy atom. The lowest BCUT2D eigenvalue weighted by atomic mass is 9.69. The maximum absolute atomic E-state index is 2.44. The van der Waals surface area contributed by atoms with Crippen LogP contribution in [0.25, 0.3) is 0 Å². The fraction of sp³-hybridized carbons (Fsp3) is 0.600. The van der Waals surface area contributed by atoms with Gasteiger partial charge in [-0.05, 0) is 62.9 Å². The first-order chi connectivity index (χ1) is 7.62. The highest BCUT2D eigenvalue weighted by Crippen LogP contribution is 2.39. The zero-order valence-corrected chi connectivity index (χ0v) is 12.0. The van der Waals surface area contributed by atoms with Crippen molar-refractivity contribution in [3.05, 3.63) is 35.4 Å². The van der Waals surface area contributed by atoms with Crippen LogP contribution in [-0.4, -0.2) is 25.5 Å². The zero-order valence-electron chi connectivity index (χ0n) is 11.2. The number of fused-ring (bicyclic) bond motifs is 1. The standard InChI is InChI=1S/C15H23N.ClH/c1-15(11-12-16(2)3)10-6-8-13-7-4-5-9-14(13)15;/h4-5,7,9H,6,8,10-12H2,1-3H3;1H. The predicted molar refractivity (Wildman–Crippen MR) is 77.2 cm³/mol. The summed E-state index contributed by atoms with van der Waals surface area (Å²) in [6, 6.07) is 9.02. The fourth-order valence-corrected chi connectivity index (χ4v) is 2.86. The van der Waals surface area contributed by atoms with E-state index < -0.39 is 0 Å². The zero-order chi connectivity index (χ0) is 11.6. The van der Waals surface area contributed by atoms with Gasteiger partial charge in [0.05, 0.1) is 0 Å². The van der Waals surface area contributed by atoms with E-state index in [1.807, 2.05) is 0 Å². The molecule has 0 radical (unpaired) electrons. The van der Waals surface area contributed by atoms with Gasteiger partial charge in [0.25, 0.3) is 0 Å². The summed E-state index contributed by atoms with van der Waals surface area (Å²) >= 11 is 0. The van der Waals surface area contributed by atoms with Gasteiger partial charge in [-0.25, -0.2) is 0 Å².